The first-order valence-electron chi connectivity index (χ1n) is 8.37. The van der Waals surface area contributed by atoms with Gasteiger partial charge in [-0.15, -0.1) is 0 Å². The van der Waals surface area contributed by atoms with Gasteiger partial charge in [0.05, 0.1) is 17.9 Å². The van der Waals surface area contributed by atoms with Crippen LogP contribution in [0.4, 0.5) is 0 Å². The standard InChI is InChI=1S/C17H22N6O2/c1-12(24)21-11-14-15(19-6-5-18-14)13-3-8-23(9-4-13)17(25)16-20-7-10-22(16)2/h5-7,10,13H,3-4,8-9,11H2,1-2H3,(H,21,24). The van der Waals surface area contributed by atoms with Gasteiger partial charge in [-0.3, -0.25) is 19.6 Å². The number of hydrogen-bond donors (Lipinski definition) is 1. The minimum absolute atomic E-state index is 0.0384. The van der Waals surface area contributed by atoms with E-state index in [0.29, 0.717) is 25.5 Å². The Balaban J connectivity index is 1.66. The molecule has 0 radical (unpaired) electrons. The maximum absolute atomic E-state index is 12.5. The zero-order valence-electron chi connectivity index (χ0n) is 14.5. The van der Waals surface area contributed by atoms with Crippen LogP contribution in [0.3, 0.4) is 0 Å². The van der Waals surface area contributed by atoms with Gasteiger partial charge in [-0.25, -0.2) is 4.98 Å². The zero-order valence-corrected chi connectivity index (χ0v) is 14.5. The summed E-state index contributed by atoms with van der Waals surface area (Å²) in [7, 11) is 1.82. The lowest BCUT2D eigenvalue weighted by Crippen LogP contribution is -2.39. The number of rotatable bonds is 4. The molecule has 1 saturated heterocycles. The molecule has 132 valence electrons. The van der Waals surface area contributed by atoms with Gasteiger partial charge < -0.3 is 14.8 Å². The number of carbonyl (C=O) groups excluding carboxylic acids is 2. The third-order valence-corrected chi connectivity index (χ3v) is 4.49. The molecule has 8 nitrogen and oxygen atoms in total. The second-order valence-electron chi connectivity index (χ2n) is 6.23. The summed E-state index contributed by atoms with van der Waals surface area (Å²) in [5, 5.41) is 2.78. The Morgan fingerprint density at radius 2 is 1.88 bits per heavy atom. The van der Waals surface area contributed by atoms with Crippen LogP contribution in [0.15, 0.2) is 24.8 Å². The number of imidazole rings is 1. The highest BCUT2D eigenvalue weighted by Gasteiger charge is 2.28. The quantitative estimate of drug-likeness (QED) is 0.890. The van der Waals surface area contributed by atoms with Gasteiger partial charge in [0.25, 0.3) is 5.91 Å². The molecule has 1 N–H and O–H groups in total. The molecule has 0 spiro atoms. The third-order valence-electron chi connectivity index (χ3n) is 4.49. The Hall–Kier alpha value is -2.77. The van der Waals surface area contributed by atoms with Gasteiger partial charge in [-0.05, 0) is 12.8 Å². The predicted molar refractivity (Wildman–Crippen MR) is 90.6 cm³/mol. The van der Waals surface area contributed by atoms with Crippen LogP contribution in [0.25, 0.3) is 0 Å². The number of amides is 2. The van der Waals surface area contributed by atoms with Gasteiger partial charge in [0.1, 0.15) is 0 Å². The Labute approximate surface area is 146 Å². The fourth-order valence-electron chi connectivity index (χ4n) is 3.13. The highest BCUT2D eigenvalue weighted by molar-refractivity contribution is 5.90. The van der Waals surface area contributed by atoms with E-state index in [2.05, 4.69) is 20.3 Å². The van der Waals surface area contributed by atoms with E-state index in [1.807, 2.05) is 11.9 Å². The topological polar surface area (TPSA) is 93.0 Å². The highest BCUT2D eigenvalue weighted by atomic mass is 16.2. The number of nitrogens with zero attached hydrogens (tertiary/aromatic N) is 5. The Bertz CT molecular complexity index is 764. The van der Waals surface area contributed by atoms with Crippen LogP contribution in [0.5, 0.6) is 0 Å². The van der Waals surface area contributed by atoms with Crippen molar-refractivity contribution >= 4 is 11.8 Å². The molecule has 0 aliphatic carbocycles. The van der Waals surface area contributed by atoms with Crippen molar-refractivity contribution in [2.24, 2.45) is 7.05 Å². The van der Waals surface area contributed by atoms with E-state index in [4.69, 9.17) is 0 Å². The summed E-state index contributed by atoms with van der Waals surface area (Å²) in [4.78, 5) is 38.5. The summed E-state index contributed by atoms with van der Waals surface area (Å²) in [6.07, 6.45) is 8.37. The summed E-state index contributed by atoms with van der Waals surface area (Å²) < 4.78 is 1.74. The number of aromatic nitrogens is 4. The Kier molecular flexibility index (Phi) is 5.06. The second-order valence-corrected chi connectivity index (χ2v) is 6.23. The van der Waals surface area contributed by atoms with Gasteiger partial charge in [-0.2, -0.15) is 0 Å². The molecule has 1 aliphatic rings. The van der Waals surface area contributed by atoms with Crippen LogP contribution < -0.4 is 5.32 Å². The third kappa shape index (κ3) is 3.84. The molecular formula is C17H22N6O2. The molecule has 2 aromatic heterocycles. The number of carbonyl (C=O) groups is 2. The van der Waals surface area contributed by atoms with Crippen LogP contribution in [0.2, 0.25) is 0 Å². The van der Waals surface area contributed by atoms with Gasteiger partial charge >= 0.3 is 0 Å². The number of likely N-dealkylation sites (tertiary alicyclic amines) is 1. The molecule has 0 bridgehead atoms. The van der Waals surface area contributed by atoms with Gasteiger partial charge in [-0.1, -0.05) is 0 Å². The van der Waals surface area contributed by atoms with Crippen LogP contribution >= 0.6 is 0 Å². The minimum atomic E-state index is -0.0907. The smallest absolute Gasteiger partial charge is 0.289 e. The van der Waals surface area contributed by atoms with Crippen molar-refractivity contribution in [2.75, 3.05) is 13.1 Å². The molecule has 1 fully saturated rings. The fourth-order valence-corrected chi connectivity index (χ4v) is 3.13. The first kappa shape index (κ1) is 17.1. The molecular weight excluding hydrogens is 320 g/mol. The SMILES string of the molecule is CC(=O)NCc1nccnc1C1CCN(C(=O)c2nccn2C)CC1. The molecule has 2 amide bonds. The van der Waals surface area contributed by atoms with Crippen molar-refractivity contribution in [3.63, 3.8) is 0 Å². The molecule has 8 heteroatoms. The average molecular weight is 342 g/mol. The number of hydrogen-bond acceptors (Lipinski definition) is 5. The lowest BCUT2D eigenvalue weighted by molar-refractivity contribution is -0.119. The molecule has 3 heterocycles. The van der Waals surface area contributed by atoms with E-state index in [9.17, 15) is 9.59 Å². The predicted octanol–water partition coefficient (Wildman–Crippen LogP) is 0.866. The largest absolute Gasteiger partial charge is 0.351 e. The molecule has 1 aliphatic heterocycles. The first-order valence-corrected chi connectivity index (χ1v) is 8.37. The normalized spacial score (nSPS) is 15.2. The lowest BCUT2D eigenvalue weighted by atomic mass is 9.91. The van der Waals surface area contributed by atoms with Crippen LogP contribution in [0.1, 0.15) is 47.7 Å². The minimum Gasteiger partial charge on any atom is -0.351 e. The Morgan fingerprint density at radius 1 is 1.16 bits per heavy atom. The maximum Gasteiger partial charge on any atom is 0.289 e. The lowest BCUT2D eigenvalue weighted by Gasteiger charge is -2.32. The molecule has 0 saturated carbocycles. The van der Waals surface area contributed by atoms with Crippen LogP contribution in [-0.2, 0) is 18.4 Å². The molecule has 0 aromatic carbocycles. The van der Waals surface area contributed by atoms with Crippen LogP contribution in [0, 0.1) is 0 Å². The summed E-state index contributed by atoms with van der Waals surface area (Å²) >= 11 is 0. The van der Waals surface area contributed by atoms with Crippen molar-refractivity contribution in [2.45, 2.75) is 32.2 Å². The fraction of sp³-hybridized carbons (Fsp3) is 0.471. The molecule has 25 heavy (non-hydrogen) atoms. The van der Waals surface area contributed by atoms with E-state index in [1.165, 1.54) is 6.92 Å². The first-order chi connectivity index (χ1) is 12.1. The van der Waals surface area contributed by atoms with Crippen molar-refractivity contribution in [1.82, 2.24) is 29.7 Å². The van der Waals surface area contributed by atoms with Crippen LogP contribution in [-0.4, -0.2) is 49.3 Å². The zero-order chi connectivity index (χ0) is 17.8. The molecule has 2 aromatic rings. The van der Waals surface area contributed by atoms with E-state index < -0.39 is 0 Å². The number of nitrogens with one attached hydrogen (secondary N) is 1. The molecule has 3 rings (SSSR count). The molecule has 0 unspecified atom stereocenters. The van der Waals surface area contributed by atoms with E-state index in [1.54, 1.807) is 29.4 Å². The van der Waals surface area contributed by atoms with Crippen molar-refractivity contribution < 1.29 is 9.59 Å². The average Bonchev–Trinajstić information content (AvgIpc) is 3.06. The van der Waals surface area contributed by atoms with Gasteiger partial charge in [0.2, 0.25) is 5.91 Å². The highest BCUT2D eigenvalue weighted by Crippen LogP contribution is 2.28. The Morgan fingerprint density at radius 3 is 2.52 bits per heavy atom. The van der Waals surface area contributed by atoms with Crippen molar-refractivity contribution in [3.8, 4) is 0 Å². The summed E-state index contributed by atoms with van der Waals surface area (Å²) in [6.45, 7) is 3.18. The molecule has 0 atom stereocenters. The van der Waals surface area contributed by atoms with E-state index >= 15 is 0 Å². The second kappa shape index (κ2) is 7.42. The summed E-state index contributed by atoms with van der Waals surface area (Å²) in [5.74, 6) is 0.572. The van der Waals surface area contributed by atoms with Gasteiger partial charge in [0.15, 0.2) is 5.82 Å². The summed E-state index contributed by atoms with van der Waals surface area (Å²) in [6, 6.07) is 0. The van der Waals surface area contributed by atoms with E-state index in [0.717, 1.165) is 24.2 Å². The maximum atomic E-state index is 12.5. The summed E-state index contributed by atoms with van der Waals surface area (Å²) in [5.41, 5.74) is 1.71. The van der Waals surface area contributed by atoms with Crippen molar-refractivity contribution in [3.05, 3.63) is 42.0 Å². The number of aryl methyl sites for hydroxylation is 1. The van der Waals surface area contributed by atoms with Gasteiger partial charge in [0, 0.05) is 57.8 Å². The monoisotopic (exact) mass is 342 g/mol. The number of piperidine rings is 1. The van der Waals surface area contributed by atoms with E-state index in [-0.39, 0.29) is 17.7 Å². The van der Waals surface area contributed by atoms with Crippen molar-refractivity contribution in [1.29, 1.82) is 0 Å².